The summed E-state index contributed by atoms with van der Waals surface area (Å²) in [5.74, 6) is 0.392. The highest BCUT2D eigenvalue weighted by atomic mass is 16.3. The van der Waals surface area contributed by atoms with Crippen LogP contribution in [-0.4, -0.2) is 152 Å². The van der Waals surface area contributed by atoms with Crippen LogP contribution in [0.25, 0.3) is 10.9 Å². The number of Topliss-reactive ketones (excluding diaryl/α,β-unsaturated/α-hetero) is 1. The first kappa shape index (κ1) is 44.8. The molecular weight excluding hydrogens is 831 g/mol. The number of amides is 3. The summed E-state index contributed by atoms with van der Waals surface area (Å²) in [4.78, 5) is 73.1. The van der Waals surface area contributed by atoms with Crippen molar-refractivity contribution in [3.8, 4) is 5.75 Å². The van der Waals surface area contributed by atoms with Crippen molar-refractivity contribution in [1.29, 1.82) is 0 Å². The molecule has 4 saturated heterocycles. The maximum Gasteiger partial charge on any atom is 0.246 e. The molecule has 0 unspecified atom stereocenters. The highest BCUT2D eigenvalue weighted by molar-refractivity contribution is 6.09. The van der Waals surface area contributed by atoms with Crippen LogP contribution in [-0.2, 0) is 47.2 Å². The normalized spacial score (nSPS) is 20.3. The van der Waals surface area contributed by atoms with Crippen LogP contribution in [0.4, 0.5) is 5.82 Å². The van der Waals surface area contributed by atoms with Crippen LogP contribution >= 0.6 is 0 Å². The number of fused-ring (bicyclic) bond motifs is 2. The number of benzene rings is 3. The number of likely N-dealkylation sites (N-methyl/N-ethyl adjacent to an activating group) is 1. The molecular formula is C52H61N9O5. The molecule has 4 fully saturated rings. The molecule has 6 heterocycles. The minimum atomic E-state index is -0.908. The van der Waals surface area contributed by atoms with Crippen LogP contribution in [0, 0.1) is 0 Å². The summed E-state index contributed by atoms with van der Waals surface area (Å²) in [7, 11) is 4.11. The number of phenolic OH excluding ortho intramolecular Hbond substituents is 1. The van der Waals surface area contributed by atoms with Crippen molar-refractivity contribution < 1.29 is 24.3 Å². The number of anilines is 1. The Morgan fingerprint density at radius 2 is 1.59 bits per heavy atom. The van der Waals surface area contributed by atoms with Crippen molar-refractivity contribution >= 4 is 40.2 Å². The molecule has 0 saturated carbocycles. The molecule has 2 atom stereocenters. The maximum atomic E-state index is 14.8. The van der Waals surface area contributed by atoms with Gasteiger partial charge in [0.25, 0.3) is 0 Å². The Hall–Kier alpha value is -6.35. The lowest BCUT2D eigenvalue weighted by atomic mass is 9.97. The Labute approximate surface area is 387 Å². The molecule has 0 spiro atoms. The van der Waals surface area contributed by atoms with Gasteiger partial charge in [0.1, 0.15) is 23.8 Å². The van der Waals surface area contributed by atoms with Crippen LogP contribution in [0.3, 0.4) is 0 Å². The van der Waals surface area contributed by atoms with E-state index in [0.717, 1.165) is 91.1 Å². The third-order valence-electron chi connectivity index (χ3n) is 14.0. The van der Waals surface area contributed by atoms with Gasteiger partial charge in [-0.3, -0.25) is 24.1 Å². The van der Waals surface area contributed by atoms with Crippen LogP contribution in [0.1, 0.15) is 51.9 Å². The molecule has 14 nitrogen and oxygen atoms in total. The van der Waals surface area contributed by atoms with E-state index in [0.29, 0.717) is 18.0 Å². The summed E-state index contributed by atoms with van der Waals surface area (Å²) in [6.45, 7) is 10.9. The fourth-order valence-corrected chi connectivity index (χ4v) is 10.5. The SMILES string of the molecule is C=CCN1CC(=O)N2[C@@H](Cc3ccc(O)cc3)C(=O)N(Cc3cccc4c(C(=O)Cc5ccc(N6CCC(N7CCN(C)CC7)CC6)nc5)cn(C)c34)C[C@@H]2N1C(=O)CCc1ccccc1. The molecule has 0 bridgehead atoms. The Morgan fingerprint density at radius 3 is 2.30 bits per heavy atom. The van der Waals surface area contributed by atoms with Gasteiger partial charge in [-0.25, -0.2) is 15.0 Å². The van der Waals surface area contributed by atoms with Crippen molar-refractivity contribution in [2.24, 2.45) is 7.05 Å². The van der Waals surface area contributed by atoms with Crippen molar-refractivity contribution in [1.82, 2.24) is 39.2 Å². The number of piperidine rings is 1. The first-order valence-electron chi connectivity index (χ1n) is 23.4. The lowest BCUT2D eigenvalue weighted by molar-refractivity contribution is -0.205. The number of rotatable bonds is 14. The molecule has 1 N–H and O–H groups in total. The third kappa shape index (κ3) is 9.49. The Bertz CT molecular complexity index is 2550. The van der Waals surface area contributed by atoms with Gasteiger partial charge in [-0.1, -0.05) is 72.8 Å². The van der Waals surface area contributed by atoms with Crippen LogP contribution in [0.15, 0.2) is 110 Å². The van der Waals surface area contributed by atoms with Gasteiger partial charge in [-0.15, -0.1) is 6.58 Å². The predicted octanol–water partition coefficient (Wildman–Crippen LogP) is 4.91. The van der Waals surface area contributed by atoms with Gasteiger partial charge in [0.05, 0.1) is 18.6 Å². The van der Waals surface area contributed by atoms with E-state index in [2.05, 4.69) is 28.3 Å². The average molecular weight is 892 g/mol. The fourth-order valence-electron chi connectivity index (χ4n) is 10.5. The second-order valence-corrected chi connectivity index (χ2v) is 18.4. The Kier molecular flexibility index (Phi) is 13.3. The maximum absolute atomic E-state index is 14.8. The zero-order valence-electron chi connectivity index (χ0n) is 38.2. The third-order valence-corrected chi connectivity index (χ3v) is 14.0. The Balaban J connectivity index is 0.941. The number of nitrogens with zero attached hydrogens (tertiary/aromatic N) is 9. The molecule has 3 amide bonds. The first-order valence-corrected chi connectivity index (χ1v) is 23.4. The number of phenols is 1. The molecule has 5 aromatic rings. The van der Waals surface area contributed by atoms with E-state index in [1.54, 1.807) is 50.2 Å². The minimum Gasteiger partial charge on any atom is -0.508 e. The van der Waals surface area contributed by atoms with Gasteiger partial charge in [-0.2, -0.15) is 0 Å². The number of pyridine rings is 1. The number of carbonyl (C=O) groups is 4. The smallest absolute Gasteiger partial charge is 0.246 e. The number of aromatic nitrogens is 2. The molecule has 4 aliphatic rings. The van der Waals surface area contributed by atoms with Crippen LogP contribution in [0.2, 0.25) is 0 Å². The number of aryl methyl sites for hydroxylation is 2. The molecule has 14 heteroatoms. The lowest BCUT2D eigenvalue weighted by Crippen LogP contribution is -2.75. The largest absolute Gasteiger partial charge is 0.508 e. The summed E-state index contributed by atoms with van der Waals surface area (Å²) >= 11 is 0. The lowest BCUT2D eigenvalue weighted by Gasteiger charge is -2.55. The average Bonchev–Trinajstić information content (AvgIpc) is 3.68. The summed E-state index contributed by atoms with van der Waals surface area (Å²) in [6.07, 6.45) is 8.00. The van der Waals surface area contributed by atoms with Crippen molar-refractivity contribution in [2.75, 3.05) is 70.9 Å². The van der Waals surface area contributed by atoms with E-state index in [4.69, 9.17) is 4.98 Å². The van der Waals surface area contributed by atoms with E-state index < -0.39 is 12.2 Å². The highest BCUT2D eigenvalue weighted by Crippen LogP contribution is 2.33. The zero-order chi connectivity index (χ0) is 45.9. The van der Waals surface area contributed by atoms with Gasteiger partial charge in [0.15, 0.2) is 5.78 Å². The molecule has 2 aromatic heterocycles. The second kappa shape index (κ2) is 19.6. The number of aromatic hydroxyl groups is 1. The molecule has 344 valence electrons. The molecule has 0 aliphatic carbocycles. The van der Waals surface area contributed by atoms with Gasteiger partial charge < -0.3 is 29.3 Å². The summed E-state index contributed by atoms with van der Waals surface area (Å²) in [5, 5.41) is 14.3. The number of carbonyl (C=O) groups excluding carboxylic acids is 4. The van der Waals surface area contributed by atoms with E-state index in [1.165, 1.54) is 0 Å². The fraction of sp³-hybridized carbons (Fsp3) is 0.404. The van der Waals surface area contributed by atoms with Crippen molar-refractivity contribution in [2.45, 2.75) is 63.3 Å². The van der Waals surface area contributed by atoms with E-state index in [9.17, 15) is 24.3 Å². The van der Waals surface area contributed by atoms with Gasteiger partial charge >= 0.3 is 0 Å². The van der Waals surface area contributed by atoms with E-state index >= 15 is 0 Å². The van der Waals surface area contributed by atoms with Crippen molar-refractivity contribution in [3.05, 3.63) is 138 Å². The van der Waals surface area contributed by atoms with E-state index in [-0.39, 0.29) is 74.7 Å². The molecule has 0 radical (unpaired) electrons. The summed E-state index contributed by atoms with van der Waals surface area (Å²) in [6, 6.07) is 26.1. The number of ketones is 1. The van der Waals surface area contributed by atoms with Crippen LogP contribution in [0.5, 0.6) is 5.75 Å². The Morgan fingerprint density at radius 1 is 0.848 bits per heavy atom. The standard InChI is InChI=1S/C52H61N9O5/c1-4-23-59-36-50(65)60-45(30-38-13-17-42(62)18-14-38)52(66)58(35-48(60)61(59)49(64)20-16-37-9-6-5-7-10-37)33-40-11-8-12-43-44(34-55(3)51(40)43)46(63)31-39-15-19-47(53-32-39)57-24-21-41(22-25-57)56-28-26-54(2)27-29-56/h4-15,17-19,32,34,41,45,48,62H,1,16,20-31,33,35-36H2,2-3H3/t45-,48-/m0/s1. The molecule has 66 heavy (non-hydrogen) atoms. The quantitative estimate of drug-likeness (QED) is 0.122. The number of piperazine rings is 2. The van der Waals surface area contributed by atoms with Gasteiger partial charge in [-0.05, 0) is 66.8 Å². The highest BCUT2D eigenvalue weighted by Gasteiger charge is 2.51. The van der Waals surface area contributed by atoms with Gasteiger partial charge in [0, 0.05) is 108 Å². The number of hydrogen-bond acceptors (Lipinski definition) is 10. The first-order chi connectivity index (χ1) is 32.0. The molecule has 3 aromatic carbocycles. The zero-order valence-corrected chi connectivity index (χ0v) is 38.2. The number of para-hydroxylation sites is 1. The monoisotopic (exact) mass is 891 g/mol. The minimum absolute atomic E-state index is 0.0216. The predicted molar refractivity (Wildman–Crippen MR) is 255 cm³/mol. The number of hydrogen-bond donors (Lipinski definition) is 1. The van der Waals surface area contributed by atoms with Crippen molar-refractivity contribution in [3.63, 3.8) is 0 Å². The summed E-state index contributed by atoms with van der Waals surface area (Å²) < 4.78 is 1.95. The second-order valence-electron chi connectivity index (χ2n) is 18.4. The van der Waals surface area contributed by atoms with Gasteiger partial charge in [0.2, 0.25) is 17.7 Å². The summed E-state index contributed by atoms with van der Waals surface area (Å²) in [5.41, 5.74) is 4.93. The van der Waals surface area contributed by atoms with Crippen LogP contribution < -0.4 is 4.90 Å². The molecule has 4 aliphatic heterocycles. The topological polar surface area (TPSA) is 129 Å². The molecule has 9 rings (SSSR count). The number of hydrazine groups is 1. The van der Waals surface area contributed by atoms with E-state index in [1.807, 2.05) is 84.7 Å².